The van der Waals surface area contributed by atoms with Crippen molar-refractivity contribution in [1.82, 2.24) is 5.32 Å². The van der Waals surface area contributed by atoms with Crippen LogP contribution < -0.4 is 19.5 Å². The second kappa shape index (κ2) is 12.1. The van der Waals surface area contributed by atoms with Crippen LogP contribution in [-0.4, -0.2) is 58.1 Å². The third-order valence-electron chi connectivity index (χ3n) is 4.50. The number of ether oxygens (including phenoxy) is 5. The van der Waals surface area contributed by atoms with Crippen LogP contribution in [0.25, 0.3) is 0 Å². The summed E-state index contributed by atoms with van der Waals surface area (Å²) in [5.41, 5.74) is 0.739. The van der Waals surface area contributed by atoms with Gasteiger partial charge in [0.05, 0.1) is 28.4 Å². The van der Waals surface area contributed by atoms with Gasteiger partial charge in [-0.2, -0.15) is 0 Å². The number of rotatable bonds is 11. The molecule has 2 aromatic carbocycles. The highest BCUT2D eigenvalue weighted by molar-refractivity contribution is 6.14. The van der Waals surface area contributed by atoms with Crippen molar-refractivity contribution in [2.75, 3.05) is 28.4 Å². The molecule has 0 aliphatic rings. The second-order valence-electron chi connectivity index (χ2n) is 6.63. The largest absolute Gasteiger partial charge is 0.493 e. The minimum atomic E-state index is -1.70. The summed E-state index contributed by atoms with van der Waals surface area (Å²) in [7, 11) is 5.20. The first-order valence-electron chi connectivity index (χ1n) is 9.75. The van der Waals surface area contributed by atoms with Gasteiger partial charge in [0.25, 0.3) is 0 Å². The van der Waals surface area contributed by atoms with Crippen LogP contribution in [0.3, 0.4) is 0 Å². The minimum absolute atomic E-state index is 0.00754. The predicted octanol–water partition coefficient (Wildman–Crippen LogP) is 1.69. The molecule has 0 aliphatic heterocycles. The number of Topliss-reactive ketones (excluding diaryl/α,β-unsaturated/α-hetero) is 1. The molecule has 2 rings (SSSR count). The fraction of sp³-hybridized carbons (Fsp3) is 0.304. The molecule has 1 unspecified atom stereocenters. The van der Waals surface area contributed by atoms with Crippen molar-refractivity contribution >= 4 is 23.6 Å². The maximum Gasteiger partial charge on any atom is 0.336 e. The second-order valence-corrected chi connectivity index (χ2v) is 6.63. The molecular formula is C23H25NO9. The summed E-state index contributed by atoms with van der Waals surface area (Å²) in [6, 6.07) is 9.87. The highest BCUT2D eigenvalue weighted by Crippen LogP contribution is 2.38. The molecule has 1 amide bonds. The third-order valence-corrected chi connectivity index (χ3v) is 4.50. The van der Waals surface area contributed by atoms with Crippen LogP contribution in [0.1, 0.15) is 22.3 Å². The third kappa shape index (κ3) is 6.70. The molecule has 0 aliphatic carbocycles. The SMILES string of the molecule is COC(=O)C(NC(=O)CC(=O)OCc1ccccc1)C(=O)c1cc(OC)c(OC)c(OC)c1. The molecule has 0 bridgehead atoms. The molecule has 33 heavy (non-hydrogen) atoms. The topological polar surface area (TPSA) is 126 Å². The van der Waals surface area contributed by atoms with Crippen LogP contribution in [-0.2, 0) is 30.5 Å². The van der Waals surface area contributed by atoms with E-state index in [1.165, 1.54) is 33.5 Å². The first-order valence-corrected chi connectivity index (χ1v) is 9.75. The van der Waals surface area contributed by atoms with E-state index < -0.39 is 36.1 Å². The van der Waals surface area contributed by atoms with E-state index in [0.717, 1.165) is 12.7 Å². The van der Waals surface area contributed by atoms with Gasteiger partial charge < -0.3 is 29.0 Å². The van der Waals surface area contributed by atoms with Crippen molar-refractivity contribution in [2.45, 2.75) is 19.1 Å². The van der Waals surface area contributed by atoms with Crippen molar-refractivity contribution in [3.8, 4) is 17.2 Å². The van der Waals surface area contributed by atoms with Crippen molar-refractivity contribution in [3.05, 3.63) is 53.6 Å². The van der Waals surface area contributed by atoms with E-state index in [2.05, 4.69) is 10.1 Å². The number of hydrogen-bond donors (Lipinski definition) is 1. The average molecular weight is 459 g/mol. The van der Waals surface area contributed by atoms with E-state index in [1.807, 2.05) is 6.07 Å². The number of amides is 1. The number of hydrogen-bond acceptors (Lipinski definition) is 9. The summed E-state index contributed by atoms with van der Waals surface area (Å²) in [6.07, 6.45) is -0.692. The van der Waals surface area contributed by atoms with Crippen LogP contribution in [0, 0.1) is 0 Å². The van der Waals surface area contributed by atoms with Gasteiger partial charge in [-0.1, -0.05) is 30.3 Å². The average Bonchev–Trinajstić information content (AvgIpc) is 2.84. The van der Waals surface area contributed by atoms with E-state index in [0.29, 0.717) is 0 Å². The zero-order chi connectivity index (χ0) is 24.4. The lowest BCUT2D eigenvalue weighted by Crippen LogP contribution is -2.47. The fourth-order valence-corrected chi connectivity index (χ4v) is 2.87. The van der Waals surface area contributed by atoms with Gasteiger partial charge in [0.1, 0.15) is 13.0 Å². The van der Waals surface area contributed by atoms with Gasteiger partial charge >= 0.3 is 11.9 Å². The maximum atomic E-state index is 13.0. The monoisotopic (exact) mass is 459 g/mol. The lowest BCUT2D eigenvalue weighted by molar-refractivity contribution is -0.149. The minimum Gasteiger partial charge on any atom is -0.493 e. The van der Waals surface area contributed by atoms with Crippen LogP contribution >= 0.6 is 0 Å². The number of nitrogens with one attached hydrogen (secondary N) is 1. The Balaban J connectivity index is 2.14. The lowest BCUT2D eigenvalue weighted by Gasteiger charge is -2.18. The van der Waals surface area contributed by atoms with Crippen LogP contribution in [0.15, 0.2) is 42.5 Å². The van der Waals surface area contributed by atoms with Gasteiger partial charge in [-0.3, -0.25) is 14.4 Å². The molecule has 0 saturated carbocycles. The molecule has 0 radical (unpaired) electrons. The van der Waals surface area contributed by atoms with Crippen molar-refractivity contribution in [1.29, 1.82) is 0 Å². The van der Waals surface area contributed by atoms with Gasteiger partial charge in [0, 0.05) is 5.56 Å². The van der Waals surface area contributed by atoms with Crippen molar-refractivity contribution in [2.24, 2.45) is 0 Å². The molecular weight excluding hydrogens is 434 g/mol. The Morgan fingerprint density at radius 1 is 0.879 bits per heavy atom. The highest BCUT2D eigenvalue weighted by atomic mass is 16.5. The Labute approximate surface area is 190 Å². The van der Waals surface area contributed by atoms with Crippen molar-refractivity contribution < 1.29 is 42.9 Å². The molecule has 0 aromatic heterocycles. The van der Waals surface area contributed by atoms with E-state index >= 15 is 0 Å². The number of carbonyl (C=O) groups excluding carboxylic acids is 4. The molecule has 176 valence electrons. The Bertz CT molecular complexity index is 979. The predicted molar refractivity (Wildman–Crippen MR) is 115 cm³/mol. The molecule has 0 heterocycles. The molecule has 10 heteroatoms. The van der Waals surface area contributed by atoms with Gasteiger partial charge in [0.15, 0.2) is 23.3 Å². The number of methoxy groups -OCH3 is 4. The number of esters is 2. The lowest BCUT2D eigenvalue weighted by atomic mass is 10.0. The quantitative estimate of drug-likeness (QED) is 0.303. The smallest absolute Gasteiger partial charge is 0.336 e. The molecule has 1 atom stereocenters. The number of ketones is 1. The van der Waals surface area contributed by atoms with Gasteiger partial charge in [0.2, 0.25) is 11.7 Å². The van der Waals surface area contributed by atoms with Gasteiger partial charge in [-0.25, -0.2) is 4.79 Å². The van der Waals surface area contributed by atoms with E-state index in [1.54, 1.807) is 24.3 Å². The number of carbonyl (C=O) groups is 4. The normalized spacial score (nSPS) is 11.0. The molecule has 0 saturated heterocycles. The first kappa shape index (κ1) is 25.2. The van der Waals surface area contributed by atoms with Crippen LogP contribution in [0.2, 0.25) is 0 Å². The maximum absolute atomic E-state index is 13.0. The Morgan fingerprint density at radius 3 is 2.00 bits per heavy atom. The highest BCUT2D eigenvalue weighted by Gasteiger charge is 2.32. The molecule has 0 fully saturated rings. The fourth-order valence-electron chi connectivity index (χ4n) is 2.87. The zero-order valence-electron chi connectivity index (χ0n) is 18.7. The summed E-state index contributed by atoms with van der Waals surface area (Å²) in [6.45, 7) is -0.0161. The summed E-state index contributed by atoms with van der Waals surface area (Å²) in [5.74, 6) is -2.91. The summed E-state index contributed by atoms with van der Waals surface area (Å²) in [4.78, 5) is 49.6. The van der Waals surface area contributed by atoms with Gasteiger partial charge in [-0.15, -0.1) is 0 Å². The first-order chi connectivity index (χ1) is 15.8. The van der Waals surface area contributed by atoms with Crippen LogP contribution in [0.5, 0.6) is 17.2 Å². The van der Waals surface area contributed by atoms with Crippen LogP contribution in [0.4, 0.5) is 0 Å². The Morgan fingerprint density at radius 2 is 1.48 bits per heavy atom. The molecule has 2 aromatic rings. The van der Waals surface area contributed by atoms with E-state index in [9.17, 15) is 19.2 Å². The molecule has 10 nitrogen and oxygen atoms in total. The van der Waals surface area contributed by atoms with E-state index in [4.69, 9.17) is 18.9 Å². The summed E-state index contributed by atoms with van der Waals surface area (Å²) >= 11 is 0. The summed E-state index contributed by atoms with van der Waals surface area (Å²) < 4.78 is 25.3. The zero-order valence-corrected chi connectivity index (χ0v) is 18.7. The summed E-state index contributed by atoms with van der Waals surface area (Å²) in [5, 5.41) is 2.22. The van der Waals surface area contributed by atoms with Crippen molar-refractivity contribution in [3.63, 3.8) is 0 Å². The van der Waals surface area contributed by atoms with Gasteiger partial charge in [-0.05, 0) is 17.7 Å². The molecule has 0 spiro atoms. The molecule has 1 N–H and O–H groups in total. The standard InChI is InChI=1S/C23H25NO9/c1-29-16-10-15(11-17(30-2)22(16)31-3)21(27)20(23(28)32-4)24-18(25)12-19(26)33-13-14-8-6-5-7-9-14/h5-11,20H,12-13H2,1-4H3,(H,24,25). The Kier molecular flexibility index (Phi) is 9.22. The van der Waals surface area contributed by atoms with E-state index in [-0.39, 0.29) is 29.4 Å². The Hall–Kier alpha value is -4.08. The number of benzene rings is 2.